The maximum Gasteiger partial charge on any atom is 0.250 e. The van der Waals surface area contributed by atoms with Gasteiger partial charge in [-0.3, -0.25) is 4.79 Å². The summed E-state index contributed by atoms with van der Waals surface area (Å²) in [6.45, 7) is 0. The highest BCUT2D eigenvalue weighted by Gasteiger charge is 2.18. The van der Waals surface area contributed by atoms with Crippen molar-refractivity contribution in [2.24, 2.45) is 0 Å². The van der Waals surface area contributed by atoms with E-state index in [1.54, 1.807) is 0 Å². The van der Waals surface area contributed by atoms with Crippen molar-refractivity contribution in [3.05, 3.63) is 35.3 Å². The molecule has 0 atom stereocenters. The van der Waals surface area contributed by atoms with Crippen LogP contribution in [0.25, 0.3) is 0 Å². The first kappa shape index (κ1) is 12.7. The summed E-state index contributed by atoms with van der Waals surface area (Å²) in [5.74, 6) is -0.999. The van der Waals surface area contributed by atoms with Crippen molar-refractivity contribution in [2.75, 3.05) is 7.11 Å². The number of ketones is 1. The number of halogens is 1. The van der Waals surface area contributed by atoms with Crippen molar-refractivity contribution in [1.82, 2.24) is 4.98 Å². The summed E-state index contributed by atoms with van der Waals surface area (Å²) >= 11 is 0. The highest BCUT2D eigenvalue weighted by molar-refractivity contribution is 5.98. The molecule has 0 unspecified atom stereocenters. The van der Waals surface area contributed by atoms with E-state index in [1.807, 2.05) is 0 Å². The molecule has 1 aliphatic carbocycles. The number of rotatable bonds is 4. The molecule has 96 valence electrons. The fourth-order valence-corrected chi connectivity index (χ4v) is 2.15. The summed E-state index contributed by atoms with van der Waals surface area (Å²) in [5, 5.41) is 0. The maximum atomic E-state index is 13.8. The summed E-state index contributed by atoms with van der Waals surface area (Å²) in [6, 6.07) is 1.41. The number of nitrogens with zero attached hydrogens (tertiary/aromatic N) is 1. The monoisotopic (exact) mass is 249 g/mol. The number of hydrogen-bond acceptors (Lipinski definition) is 3. The minimum absolute atomic E-state index is 0.0633. The Kier molecular flexibility index (Phi) is 4.07. The van der Waals surface area contributed by atoms with E-state index in [1.165, 1.54) is 25.8 Å². The van der Waals surface area contributed by atoms with Gasteiger partial charge in [0.2, 0.25) is 0 Å². The molecule has 0 aromatic carbocycles. The second-order valence-corrected chi connectivity index (χ2v) is 4.39. The molecule has 0 saturated carbocycles. The molecule has 0 saturated heterocycles. The summed E-state index contributed by atoms with van der Waals surface area (Å²) < 4.78 is 18.6. The van der Waals surface area contributed by atoms with E-state index in [0.29, 0.717) is 6.42 Å². The van der Waals surface area contributed by atoms with Crippen molar-refractivity contribution >= 4 is 5.78 Å². The molecule has 4 heteroatoms. The van der Waals surface area contributed by atoms with Crippen LogP contribution >= 0.6 is 0 Å². The third kappa shape index (κ3) is 2.75. The Balaban J connectivity index is 2.16. The van der Waals surface area contributed by atoms with Crippen molar-refractivity contribution in [3.63, 3.8) is 0 Å². The number of ether oxygens (including phenoxy) is 1. The van der Waals surface area contributed by atoms with E-state index >= 15 is 0 Å². The number of hydrogen-bond donors (Lipinski definition) is 0. The molecule has 0 N–H and O–H groups in total. The molecule has 1 aromatic heterocycles. The number of aromatic nitrogens is 1. The molecule has 0 bridgehead atoms. The minimum Gasteiger partial charge on any atom is -0.479 e. The molecule has 0 spiro atoms. The topological polar surface area (TPSA) is 39.2 Å². The quantitative estimate of drug-likeness (QED) is 0.607. The Morgan fingerprint density at radius 3 is 3.00 bits per heavy atom. The predicted molar refractivity (Wildman–Crippen MR) is 66.2 cm³/mol. The third-order valence-corrected chi connectivity index (χ3v) is 3.12. The number of carbonyl (C=O) groups excluding carboxylic acids is 1. The zero-order chi connectivity index (χ0) is 13.0. The van der Waals surface area contributed by atoms with Gasteiger partial charge in [0.15, 0.2) is 11.6 Å². The summed E-state index contributed by atoms with van der Waals surface area (Å²) in [5.41, 5.74) is 1.18. The van der Waals surface area contributed by atoms with Crippen LogP contribution in [0.1, 0.15) is 42.5 Å². The average Bonchev–Trinajstić information content (AvgIpc) is 2.40. The molecular weight excluding hydrogens is 233 g/mol. The minimum atomic E-state index is -0.665. The van der Waals surface area contributed by atoms with Crippen LogP contribution in [0.3, 0.4) is 0 Å². The van der Waals surface area contributed by atoms with E-state index in [2.05, 4.69) is 11.1 Å². The van der Waals surface area contributed by atoms with Gasteiger partial charge in [-0.25, -0.2) is 9.37 Å². The van der Waals surface area contributed by atoms with Gasteiger partial charge in [0.05, 0.1) is 12.7 Å². The van der Waals surface area contributed by atoms with Crippen LogP contribution in [-0.2, 0) is 0 Å². The SMILES string of the molecule is COc1nccc(C(=O)CC2=CCCCC2)c1F. The van der Waals surface area contributed by atoms with Gasteiger partial charge in [-0.05, 0) is 31.7 Å². The van der Waals surface area contributed by atoms with E-state index < -0.39 is 5.82 Å². The van der Waals surface area contributed by atoms with Gasteiger partial charge in [-0.1, -0.05) is 11.6 Å². The Hall–Kier alpha value is -1.71. The lowest BCUT2D eigenvalue weighted by atomic mass is 9.94. The van der Waals surface area contributed by atoms with Crippen LogP contribution in [0.5, 0.6) is 5.88 Å². The summed E-state index contributed by atoms with van der Waals surface area (Å²) in [4.78, 5) is 15.8. The zero-order valence-electron chi connectivity index (χ0n) is 10.4. The van der Waals surface area contributed by atoms with E-state index in [0.717, 1.165) is 24.8 Å². The summed E-state index contributed by atoms with van der Waals surface area (Å²) in [7, 11) is 1.34. The summed E-state index contributed by atoms with van der Waals surface area (Å²) in [6.07, 6.45) is 8.03. The van der Waals surface area contributed by atoms with Gasteiger partial charge in [0.1, 0.15) is 0 Å². The zero-order valence-corrected chi connectivity index (χ0v) is 10.4. The lowest BCUT2D eigenvalue weighted by Crippen LogP contribution is -2.07. The van der Waals surface area contributed by atoms with Crippen LogP contribution in [0.15, 0.2) is 23.9 Å². The van der Waals surface area contributed by atoms with Crippen LogP contribution < -0.4 is 4.74 Å². The molecule has 1 heterocycles. The van der Waals surface area contributed by atoms with E-state index in [9.17, 15) is 9.18 Å². The Morgan fingerprint density at radius 1 is 1.50 bits per heavy atom. The Labute approximate surface area is 106 Å². The first-order valence-electron chi connectivity index (χ1n) is 6.12. The van der Waals surface area contributed by atoms with Gasteiger partial charge in [-0.15, -0.1) is 0 Å². The van der Waals surface area contributed by atoms with Gasteiger partial charge in [0.25, 0.3) is 5.88 Å². The molecule has 3 nitrogen and oxygen atoms in total. The highest BCUT2D eigenvalue weighted by atomic mass is 19.1. The van der Waals surface area contributed by atoms with Gasteiger partial charge < -0.3 is 4.74 Å². The smallest absolute Gasteiger partial charge is 0.250 e. The number of allylic oxidation sites excluding steroid dienone is 2. The van der Waals surface area contributed by atoms with Gasteiger partial charge in [0, 0.05) is 12.6 Å². The number of carbonyl (C=O) groups is 1. The molecule has 1 aliphatic rings. The Morgan fingerprint density at radius 2 is 2.33 bits per heavy atom. The standard InChI is InChI=1S/C14H16FNO2/c1-18-14-13(15)11(7-8-16-14)12(17)9-10-5-3-2-4-6-10/h5,7-8H,2-4,6,9H2,1H3. The van der Waals surface area contributed by atoms with Crippen LogP contribution in [0, 0.1) is 5.82 Å². The van der Waals surface area contributed by atoms with Crippen molar-refractivity contribution in [3.8, 4) is 5.88 Å². The van der Waals surface area contributed by atoms with Crippen LogP contribution in [0.4, 0.5) is 4.39 Å². The van der Waals surface area contributed by atoms with Crippen LogP contribution in [-0.4, -0.2) is 17.9 Å². The molecule has 18 heavy (non-hydrogen) atoms. The molecule has 0 fully saturated rings. The fraction of sp³-hybridized carbons (Fsp3) is 0.429. The number of pyridine rings is 1. The average molecular weight is 249 g/mol. The molecule has 0 radical (unpaired) electrons. The Bertz CT molecular complexity index is 483. The molecule has 1 aromatic rings. The predicted octanol–water partition coefficient (Wildman–Crippen LogP) is 3.30. The lowest BCUT2D eigenvalue weighted by molar-refractivity contribution is 0.0986. The second kappa shape index (κ2) is 5.76. The highest BCUT2D eigenvalue weighted by Crippen LogP contribution is 2.24. The lowest BCUT2D eigenvalue weighted by Gasteiger charge is -2.12. The molecule has 0 amide bonds. The number of Topliss-reactive ketones (excluding diaryl/α,β-unsaturated/α-hetero) is 1. The molecule has 0 aliphatic heterocycles. The largest absolute Gasteiger partial charge is 0.479 e. The van der Waals surface area contributed by atoms with Gasteiger partial charge >= 0.3 is 0 Å². The third-order valence-electron chi connectivity index (χ3n) is 3.12. The van der Waals surface area contributed by atoms with E-state index in [-0.39, 0.29) is 17.2 Å². The van der Waals surface area contributed by atoms with Crippen molar-refractivity contribution in [1.29, 1.82) is 0 Å². The number of methoxy groups -OCH3 is 1. The normalized spacial score (nSPS) is 15.1. The van der Waals surface area contributed by atoms with Crippen molar-refractivity contribution in [2.45, 2.75) is 32.1 Å². The van der Waals surface area contributed by atoms with Gasteiger partial charge in [-0.2, -0.15) is 0 Å². The van der Waals surface area contributed by atoms with E-state index in [4.69, 9.17) is 4.74 Å². The first-order valence-corrected chi connectivity index (χ1v) is 6.12. The fourth-order valence-electron chi connectivity index (χ4n) is 2.15. The molecule has 2 rings (SSSR count). The maximum absolute atomic E-state index is 13.8. The van der Waals surface area contributed by atoms with Crippen molar-refractivity contribution < 1.29 is 13.9 Å². The van der Waals surface area contributed by atoms with Crippen LogP contribution in [0.2, 0.25) is 0 Å². The molecular formula is C14H16FNO2. The second-order valence-electron chi connectivity index (χ2n) is 4.39. The first-order chi connectivity index (χ1) is 8.72.